The number of hydrogen-bond donors (Lipinski definition) is 0. The largest absolute Gasteiger partial charge is 0.295 e. The van der Waals surface area contributed by atoms with E-state index in [1.807, 2.05) is 0 Å². The lowest BCUT2D eigenvalue weighted by atomic mass is 10.4. The van der Waals surface area contributed by atoms with Gasteiger partial charge in [0.25, 0.3) is 0 Å². The Morgan fingerprint density at radius 2 is 2.00 bits per heavy atom. The molecular weight excluding hydrogens is 86.1 g/mol. The molecule has 1 fully saturated rings. The highest BCUT2D eigenvalue weighted by atomic mass is 15.3. The molecule has 1 aliphatic heterocycles. The predicted octanol–water partition coefficient (Wildman–Crippen LogP) is 1.10. The highest BCUT2D eigenvalue weighted by Gasteiger charge is 2.30. The van der Waals surface area contributed by atoms with Gasteiger partial charge < -0.3 is 0 Å². The Hall–Kier alpha value is -0.0400. The van der Waals surface area contributed by atoms with Gasteiger partial charge in [0.2, 0.25) is 0 Å². The van der Waals surface area contributed by atoms with Gasteiger partial charge in [-0.3, -0.25) is 4.90 Å². The molecule has 42 valence electrons. The third-order valence-electron chi connectivity index (χ3n) is 1.57. The summed E-state index contributed by atoms with van der Waals surface area (Å²) in [6.45, 7) is 8.06. The van der Waals surface area contributed by atoms with Crippen LogP contribution in [0.1, 0.15) is 20.8 Å². The molecule has 7 heavy (non-hydrogen) atoms. The Labute approximate surface area is 45.3 Å². The van der Waals surface area contributed by atoms with Crippen molar-refractivity contribution in [3.63, 3.8) is 0 Å². The molecule has 1 aliphatic rings. The van der Waals surface area contributed by atoms with Gasteiger partial charge in [-0.1, -0.05) is 0 Å². The zero-order chi connectivity index (χ0) is 5.44. The van der Waals surface area contributed by atoms with Gasteiger partial charge in [0.15, 0.2) is 0 Å². The van der Waals surface area contributed by atoms with Crippen LogP contribution in [0.3, 0.4) is 0 Å². The quantitative estimate of drug-likeness (QED) is 0.445. The van der Waals surface area contributed by atoms with Crippen LogP contribution in [-0.4, -0.2) is 23.5 Å². The first-order valence-corrected chi connectivity index (χ1v) is 2.97. The minimum atomic E-state index is 0.773. The van der Waals surface area contributed by atoms with Crippen molar-refractivity contribution < 1.29 is 0 Å². The van der Waals surface area contributed by atoms with Crippen LogP contribution < -0.4 is 0 Å². The van der Waals surface area contributed by atoms with Crippen LogP contribution >= 0.6 is 0 Å². The van der Waals surface area contributed by atoms with E-state index in [0.29, 0.717) is 0 Å². The van der Waals surface area contributed by atoms with E-state index in [9.17, 15) is 0 Å². The smallest absolute Gasteiger partial charge is 0.0198 e. The summed E-state index contributed by atoms with van der Waals surface area (Å²) in [5.74, 6) is 0. The van der Waals surface area contributed by atoms with Crippen molar-refractivity contribution in [2.75, 3.05) is 6.54 Å². The molecule has 0 spiro atoms. The standard InChI is InChI=1S/C6H13N/c1-5(2)7-4-6(7)3/h5-6H,4H2,1-3H3/t6-,7?/m1/s1. The Morgan fingerprint density at radius 1 is 1.57 bits per heavy atom. The Kier molecular flexibility index (Phi) is 1.08. The lowest BCUT2D eigenvalue weighted by Gasteiger charge is -2.02. The van der Waals surface area contributed by atoms with E-state index in [-0.39, 0.29) is 0 Å². The number of rotatable bonds is 1. The number of nitrogens with zero attached hydrogens (tertiary/aromatic N) is 1. The van der Waals surface area contributed by atoms with E-state index in [0.717, 1.165) is 12.1 Å². The van der Waals surface area contributed by atoms with Crippen molar-refractivity contribution in [3.8, 4) is 0 Å². The monoisotopic (exact) mass is 99.1 g/mol. The Morgan fingerprint density at radius 3 is 2.00 bits per heavy atom. The van der Waals surface area contributed by atoms with Crippen molar-refractivity contribution in [1.29, 1.82) is 0 Å². The van der Waals surface area contributed by atoms with Crippen LogP contribution in [0.15, 0.2) is 0 Å². The summed E-state index contributed by atoms with van der Waals surface area (Å²) >= 11 is 0. The molecule has 1 unspecified atom stereocenters. The second-order valence-electron chi connectivity index (χ2n) is 2.64. The average molecular weight is 99.2 g/mol. The summed E-state index contributed by atoms with van der Waals surface area (Å²) in [6, 6.07) is 1.65. The fourth-order valence-corrected chi connectivity index (χ4v) is 0.978. The minimum Gasteiger partial charge on any atom is -0.295 e. The molecule has 1 saturated heterocycles. The zero-order valence-electron chi connectivity index (χ0n) is 5.31. The first kappa shape index (κ1) is 5.10. The third-order valence-corrected chi connectivity index (χ3v) is 1.57. The van der Waals surface area contributed by atoms with Crippen LogP contribution in [0.2, 0.25) is 0 Å². The third kappa shape index (κ3) is 0.942. The summed E-state index contributed by atoms with van der Waals surface area (Å²) in [7, 11) is 0. The van der Waals surface area contributed by atoms with E-state index in [1.165, 1.54) is 6.54 Å². The van der Waals surface area contributed by atoms with Gasteiger partial charge in [-0.05, 0) is 20.8 Å². The summed E-state index contributed by atoms with van der Waals surface area (Å²) < 4.78 is 0. The van der Waals surface area contributed by atoms with Gasteiger partial charge in [-0.15, -0.1) is 0 Å². The van der Waals surface area contributed by atoms with Gasteiger partial charge in [0, 0.05) is 18.6 Å². The maximum Gasteiger partial charge on any atom is 0.0198 e. The van der Waals surface area contributed by atoms with Crippen LogP contribution in [0.25, 0.3) is 0 Å². The molecule has 1 nitrogen and oxygen atoms in total. The lowest BCUT2D eigenvalue weighted by molar-refractivity contribution is 0.429. The first-order chi connectivity index (χ1) is 3.22. The molecule has 0 N–H and O–H groups in total. The highest BCUT2D eigenvalue weighted by molar-refractivity contribution is 4.86. The zero-order valence-corrected chi connectivity index (χ0v) is 5.31. The molecule has 0 amide bonds. The van der Waals surface area contributed by atoms with Crippen LogP contribution in [0, 0.1) is 0 Å². The second-order valence-corrected chi connectivity index (χ2v) is 2.64. The van der Waals surface area contributed by atoms with Crippen LogP contribution in [-0.2, 0) is 0 Å². The lowest BCUT2D eigenvalue weighted by Crippen LogP contribution is -2.09. The summed E-state index contributed by atoms with van der Waals surface area (Å²) in [5.41, 5.74) is 0. The fraction of sp³-hybridized carbons (Fsp3) is 1.00. The summed E-state index contributed by atoms with van der Waals surface area (Å²) in [4.78, 5) is 2.46. The molecule has 0 aromatic carbocycles. The summed E-state index contributed by atoms with van der Waals surface area (Å²) in [5, 5.41) is 0. The van der Waals surface area contributed by atoms with Gasteiger partial charge in [0.05, 0.1) is 0 Å². The summed E-state index contributed by atoms with van der Waals surface area (Å²) in [6.07, 6.45) is 0. The van der Waals surface area contributed by atoms with Gasteiger partial charge >= 0.3 is 0 Å². The number of hydrogen-bond acceptors (Lipinski definition) is 1. The van der Waals surface area contributed by atoms with Crippen LogP contribution in [0.5, 0.6) is 0 Å². The molecule has 0 saturated carbocycles. The van der Waals surface area contributed by atoms with Gasteiger partial charge in [0.1, 0.15) is 0 Å². The van der Waals surface area contributed by atoms with Gasteiger partial charge in [-0.2, -0.15) is 0 Å². The van der Waals surface area contributed by atoms with E-state index in [2.05, 4.69) is 25.7 Å². The van der Waals surface area contributed by atoms with Crippen molar-refractivity contribution in [3.05, 3.63) is 0 Å². The van der Waals surface area contributed by atoms with E-state index in [4.69, 9.17) is 0 Å². The minimum absolute atomic E-state index is 0.773. The maximum atomic E-state index is 2.46. The highest BCUT2D eigenvalue weighted by Crippen LogP contribution is 2.18. The SMILES string of the molecule is CC(C)N1C[C@H]1C. The van der Waals surface area contributed by atoms with Gasteiger partial charge in [-0.25, -0.2) is 0 Å². The fourth-order valence-electron chi connectivity index (χ4n) is 0.978. The van der Waals surface area contributed by atoms with Crippen molar-refractivity contribution in [2.24, 2.45) is 0 Å². The molecule has 0 aliphatic carbocycles. The molecule has 0 aromatic rings. The van der Waals surface area contributed by atoms with Crippen molar-refractivity contribution >= 4 is 0 Å². The van der Waals surface area contributed by atoms with Crippen molar-refractivity contribution in [1.82, 2.24) is 4.90 Å². The molecule has 0 bridgehead atoms. The van der Waals surface area contributed by atoms with E-state index in [1.54, 1.807) is 0 Å². The Bertz CT molecular complexity index is 68.6. The van der Waals surface area contributed by atoms with E-state index >= 15 is 0 Å². The maximum absolute atomic E-state index is 2.46. The van der Waals surface area contributed by atoms with Crippen LogP contribution in [0.4, 0.5) is 0 Å². The molecule has 2 atom stereocenters. The molecule has 1 heteroatoms. The molecule has 1 heterocycles. The molecule has 0 radical (unpaired) electrons. The first-order valence-electron chi connectivity index (χ1n) is 2.97. The normalized spacial score (nSPS) is 39.4. The average Bonchev–Trinajstić information content (AvgIpc) is 2.17. The predicted molar refractivity (Wildman–Crippen MR) is 31.3 cm³/mol. The van der Waals surface area contributed by atoms with E-state index < -0.39 is 0 Å². The second kappa shape index (κ2) is 1.48. The topological polar surface area (TPSA) is 3.01 Å². The molecule has 0 aromatic heterocycles. The Balaban J connectivity index is 2.20. The molecular formula is C6H13N. The molecule has 1 rings (SSSR count). The van der Waals surface area contributed by atoms with Crippen molar-refractivity contribution in [2.45, 2.75) is 32.9 Å².